The van der Waals surface area contributed by atoms with Gasteiger partial charge in [0.2, 0.25) is 5.91 Å². The fourth-order valence-corrected chi connectivity index (χ4v) is 3.94. The first kappa shape index (κ1) is 19.4. The van der Waals surface area contributed by atoms with E-state index in [-0.39, 0.29) is 11.7 Å². The van der Waals surface area contributed by atoms with Gasteiger partial charge in [0.05, 0.1) is 23.3 Å². The molecule has 4 rings (SSSR count). The van der Waals surface area contributed by atoms with Crippen molar-refractivity contribution in [2.24, 2.45) is 0 Å². The summed E-state index contributed by atoms with van der Waals surface area (Å²) in [6, 6.07) is 10.0. The highest BCUT2D eigenvalue weighted by Gasteiger charge is 2.15. The number of furan rings is 1. The lowest BCUT2D eigenvalue weighted by atomic mass is 10.1. The zero-order valence-corrected chi connectivity index (χ0v) is 17.5. The molecule has 0 bridgehead atoms. The van der Waals surface area contributed by atoms with Gasteiger partial charge < -0.3 is 14.2 Å². The van der Waals surface area contributed by atoms with Crippen molar-refractivity contribution in [1.29, 1.82) is 0 Å². The Morgan fingerprint density at radius 2 is 2.03 bits per heavy atom. The summed E-state index contributed by atoms with van der Waals surface area (Å²) >= 11 is 2.57. The lowest BCUT2D eigenvalue weighted by Gasteiger charge is -2.00. The molecule has 0 spiro atoms. The first-order valence-electron chi connectivity index (χ1n) is 8.98. The van der Waals surface area contributed by atoms with E-state index in [1.165, 1.54) is 28.7 Å². The van der Waals surface area contributed by atoms with E-state index in [1.807, 2.05) is 24.4 Å². The Kier molecular flexibility index (Phi) is 5.77. The summed E-state index contributed by atoms with van der Waals surface area (Å²) in [5.41, 5.74) is 3.90. The van der Waals surface area contributed by atoms with Crippen LogP contribution in [0.1, 0.15) is 18.2 Å². The Bertz CT molecular complexity index is 1110. The molecular weight excluding hydrogens is 408 g/mol. The van der Waals surface area contributed by atoms with E-state index in [9.17, 15) is 4.79 Å². The lowest BCUT2D eigenvalue weighted by molar-refractivity contribution is -0.113. The van der Waals surface area contributed by atoms with Crippen molar-refractivity contribution in [2.45, 2.75) is 25.5 Å². The number of nitrogens with one attached hydrogen (secondary N) is 1. The first-order chi connectivity index (χ1) is 14.1. The number of aromatic nitrogens is 3. The van der Waals surface area contributed by atoms with E-state index >= 15 is 0 Å². The van der Waals surface area contributed by atoms with Crippen molar-refractivity contribution in [3.63, 3.8) is 0 Å². The van der Waals surface area contributed by atoms with Crippen LogP contribution in [-0.4, -0.2) is 26.8 Å². The van der Waals surface area contributed by atoms with Crippen LogP contribution >= 0.6 is 23.1 Å². The standard InChI is InChI=1S/C20H18N4O3S2/c1-3-13-4-6-14(7-5-13)16-10-28-19(21-16)22-17(25)11-29-20-24-23-18(27-20)15-8-9-26-12(15)2/h4-10H,3,11H2,1-2H3,(H,21,22,25). The molecule has 1 amide bonds. The molecule has 29 heavy (non-hydrogen) atoms. The van der Waals surface area contributed by atoms with Crippen molar-refractivity contribution < 1.29 is 13.6 Å². The second kappa shape index (κ2) is 8.62. The predicted molar refractivity (Wildman–Crippen MR) is 113 cm³/mol. The number of benzene rings is 1. The van der Waals surface area contributed by atoms with Crippen LogP contribution in [0.15, 0.2) is 56.0 Å². The minimum Gasteiger partial charge on any atom is -0.469 e. The van der Waals surface area contributed by atoms with Gasteiger partial charge in [-0.3, -0.25) is 4.79 Å². The molecule has 148 valence electrons. The van der Waals surface area contributed by atoms with E-state index in [0.717, 1.165) is 23.2 Å². The monoisotopic (exact) mass is 426 g/mol. The fraction of sp³-hybridized carbons (Fsp3) is 0.200. The van der Waals surface area contributed by atoms with E-state index < -0.39 is 0 Å². The SMILES string of the molecule is CCc1ccc(-c2csc(NC(=O)CSc3nnc(-c4ccoc4C)o3)n2)cc1. The summed E-state index contributed by atoms with van der Waals surface area (Å²) in [6.45, 7) is 3.94. The summed E-state index contributed by atoms with van der Waals surface area (Å²) in [7, 11) is 0. The van der Waals surface area contributed by atoms with Crippen LogP contribution in [0.5, 0.6) is 0 Å². The number of hydrogen-bond donors (Lipinski definition) is 1. The van der Waals surface area contributed by atoms with Gasteiger partial charge in [-0.05, 0) is 25.0 Å². The smallest absolute Gasteiger partial charge is 0.277 e. The predicted octanol–water partition coefficient (Wildman–Crippen LogP) is 5.05. The van der Waals surface area contributed by atoms with Gasteiger partial charge in [0.1, 0.15) is 5.76 Å². The number of carbonyl (C=O) groups excluding carboxylic acids is 1. The van der Waals surface area contributed by atoms with Gasteiger partial charge in [0.25, 0.3) is 11.1 Å². The maximum Gasteiger partial charge on any atom is 0.277 e. The largest absolute Gasteiger partial charge is 0.469 e. The van der Waals surface area contributed by atoms with Gasteiger partial charge in [0.15, 0.2) is 5.13 Å². The number of rotatable bonds is 7. The Morgan fingerprint density at radius 3 is 2.76 bits per heavy atom. The van der Waals surface area contributed by atoms with Crippen LogP contribution in [0.3, 0.4) is 0 Å². The van der Waals surface area contributed by atoms with Crippen molar-refractivity contribution in [1.82, 2.24) is 15.2 Å². The fourth-order valence-electron chi connectivity index (χ4n) is 2.64. The highest BCUT2D eigenvalue weighted by molar-refractivity contribution is 7.99. The maximum atomic E-state index is 12.2. The highest BCUT2D eigenvalue weighted by atomic mass is 32.2. The van der Waals surface area contributed by atoms with E-state index in [2.05, 4.69) is 39.6 Å². The highest BCUT2D eigenvalue weighted by Crippen LogP contribution is 2.27. The third-order valence-corrected chi connectivity index (χ3v) is 5.81. The summed E-state index contributed by atoms with van der Waals surface area (Å²) in [4.78, 5) is 16.7. The summed E-state index contributed by atoms with van der Waals surface area (Å²) < 4.78 is 10.8. The number of thioether (sulfide) groups is 1. The molecule has 0 radical (unpaired) electrons. The Balaban J connectivity index is 1.33. The molecule has 0 aliphatic rings. The molecule has 9 heteroatoms. The molecule has 0 aliphatic heterocycles. The molecule has 3 aromatic heterocycles. The molecule has 1 N–H and O–H groups in total. The van der Waals surface area contributed by atoms with Crippen LogP contribution in [0.4, 0.5) is 5.13 Å². The average molecular weight is 427 g/mol. The Hall–Kier alpha value is -2.91. The van der Waals surface area contributed by atoms with E-state index in [4.69, 9.17) is 8.83 Å². The molecule has 0 saturated heterocycles. The second-order valence-electron chi connectivity index (χ2n) is 6.19. The zero-order valence-electron chi connectivity index (χ0n) is 15.8. The number of carbonyl (C=O) groups is 1. The number of nitrogens with zero attached hydrogens (tertiary/aromatic N) is 3. The third kappa shape index (κ3) is 4.57. The molecule has 0 fully saturated rings. The topological polar surface area (TPSA) is 94.1 Å². The van der Waals surface area contributed by atoms with E-state index in [1.54, 1.807) is 12.3 Å². The van der Waals surface area contributed by atoms with Crippen LogP contribution in [-0.2, 0) is 11.2 Å². The first-order valence-corrected chi connectivity index (χ1v) is 10.8. The molecule has 3 heterocycles. The molecular formula is C20H18N4O3S2. The van der Waals surface area contributed by atoms with Gasteiger partial charge >= 0.3 is 0 Å². The van der Waals surface area contributed by atoms with Gasteiger partial charge in [0, 0.05) is 10.9 Å². The average Bonchev–Trinajstić information content (AvgIpc) is 3.47. The zero-order chi connectivity index (χ0) is 20.2. The summed E-state index contributed by atoms with van der Waals surface area (Å²) in [5.74, 6) is 1.03. The van der Waals surface area contributed by atoms with Gasteiger partial charge in [-0.2, -0.15) is 0 Å². The maximum absolute atomic E-state index is 12.2. The molecule has 1 aromatic carbocycles. The number of aryl methyl sites for hydroxylation is 2. The van der Waals surface area contributed by atoms with Crippen LogP contribution in [0.25, 0.3) is 22.7 Å². The molecule has 0 unspecified atom stereocenters. The lowest BCUT2D eigenvalue weighted by Crippen LogP contribution is -2.13. The van der Waals surface area contributed by atoms with Gasteiger partial charge in [-0.15, -0.1) is 21.5 Å². The minimum absolute atomic E-state index is 0.145. The van der Waals surface area contributed by atoms with E-state index in [0.29, 0.717) is 22.0 Å². The van der Waals surface area contributed by atoms with Crippen LogP contribution in [0.2, 0.25) is 0 Å². The summed E-state index contributed by atoms with van der Waals surface area (Å²) in [5, 5.41) is 13.6. The van der Waals surface area contributed by atoms with Gasteiger partial charge in [-0.25, -0.2) is 4.98 Å². The quantitative estimate of drug-likeness (QED) is 0.413. The van der Waals surface area contributed by atoms with Crippen molar-refractivity contribution in [3.05, 3.63) is 53.3 Å². The van der Waals surface area contributed by atoms with Crippen LogP contribution in [0, 0.1) is 6.92 Å². The Morgan fingerprint density at radius 1 is 1.21 bits per heavy atom. The summed E-state index contributed by atoms with van der Waals surface area (Å²) in [6.07, 6.45) is 2.56. The van der Waals surface area contributed by atoms with Crippen molar-refractivity contribution in [3.8, 4) is 22.7 Å². The number of anilines is 1. The minimum atomic E-state index is -0.184. The molecule has 7 nitrogen and oxygen atoms in total. The Labute approximate surface area is 175 Å². The van der Waals surface area contributed by atoms with Crippen LogP contribution < -0.4 is 5.32 Å². The molecule has 4 aromatic rings. The number of thiazole rings is 1. The molecule has 0 atom stereocenters. The van der Waals surface area contributed by atoms with Gasteiger partial charge in [-0.1, -0.05) is 43.0 Å². The molecule has 0 saturated carbocycles. The third-order valence-electron chi connectivity index (χ3n) is 4.23. The number of amides is 1. The second-order valence-corrected chi connectivity index (χ2v) is 7.97. The van der Waals surface area contributed by atoms with Crippen molar-refractivity contribution in [2.75, 3.05) is 11.1 Å². The number of hydrogen-bond acceptors (Lipinski definition) is 8. The van der Waals surface area contributed by atoms with Crippen molar-refractivity contribution >= 4 is 34.1 Å². The normalized spacial score (nSPS) is 11.0. The molecule has 0 aliphatic carbocycles.